The number of allylic oxidation sites excluding steroid dienone is 1. The molecule has 0 radical (unpaired) electrons. The maximum Gasteiger partial charge on any atom is 0.261 e. The van der Waals surface area contributed by atoms with E-state index in [9.17, 15) is 13.6 Å². The Hall–Kier alpha value is -2.00. The van der Waals surface area contributed by atoms with Gasteiger partial charge in [0.05, 0.1) is 10.6 Å². The minimum Gasteiger partial charge on any atom is -0.347 e. The van der Waals surface area contributed by atoms with E-state index in [4.69, 9.17) is 23.2 Å². The van der Waals surface area contributed by atoms with Crippen molar-refractivity contribution in [1.29, 1.82) is 0 Å². The quantitative estimate of drug-likeness (QED) is 0.480. The molecule has 0 unspecified atom stereocenters. The fourth-order valence-corrected chi connectivity index (χ4v) is 3.82. The summed E-state index contributed by atoms with van der Waals surface area (Å²) in [4.78, 5) is 12.9. The molecule has 2 aromatic rings. The van der Waals surface area contributed by atoms with E-state index in [0.29, 0.717) is 20.5 Å². The molecule has 1 atom stereocenters. The van der Waals surface area contributed by atoms with Crippen molar-refractivity contribution in [2.45, 2.75) is 19.4 Å². The lowest BCUT2D eigenvalue weighted by atomic mass is 10.0. The second-order valence-corrected chi connectivity index (χ2v) is 7.58. The summed E-state index contributed by atoms with van der Waals surface area (Å²) in [5.41, 5.74) is 7.16. The highest BCUT2D eigenvalue weighted by Crippen LogP contribution is 2.33. The predicted octanol–water partition coefficient (Wildman–Crippen LogP) is 3.15. The Kier molecular flexibility index (Phi) is 7.32. The Morgan fingerprint density at radius 1 is 1.41 bits per heavy atom. The van der Waals surface area contributed by atoms with E-state index in [0.717, 1.165) is 29.5 Å². The molecule has 5 nitrogen and oxygen atoms in total. The first-order valence-corrected chi connectivity index (χ1v) is 9.35. The highest BCUT2D eigenvalue weighted by atomic mass is 35.5. The lowest BCUT2D eigenvalue weighted by Crippen LogP contribution is -2.41. The number of benzene rings is 1. The molecular formula is C18H21ClF2N4OS. The first kappa shape index (κ1) is 21.3. The number of carbonyl (C=O) groups is 1. The number of nitrogens with zero attached hydrogens (tertiary/aromatic N) is 1. The van der Waals surface area contributed by atoms with Crippen molar-refractivity contribution in [2.75, 3.05) is 13.6 Å². The molecule has 0 aliphatic carbocycles. The molecule has 1 aromatic carbocycles. The largest absolute Gasteiger partial charge is 0.347 e. The molecule has 5 N–H and O–H groups in total. The van der Waals surface area contributed by atoms with Crippen molar-refractivity contribution in [3.05, 3.63) is 62.3 Å². The second kappa shape index (κ2) is 9.27. The number of hydrogen-bond acceptors (Lipinski definition) is 5. The number of rotatable bonds is 7. The fourth-order valence-electron chi connectivity index (χ4n) is 2.62. The van der Waals surface area contributed by atoms with E-state index in [1.165, 1.54) is 5.01 Å². The normalized spacial score (nSPS) is 12.8. The van der Waals surface area contributed by atoms with Crippen LogP contribution in [0, 0.1) is 11.6 Å². The molecule has 27 heavy (non-hydrogen) atoms. The molecule has 0 saturated carbocycles. The summed E-state index contributed by atoms with van der Waals surface area (Å²) in [7, 11) is 1.67. The van der Waals surface area contributed by atoms with Crippen LogP contribution >= 0.6 is 22.9 Å². The first-order valence-electron chi connectivity index (χ1n) is 8.16. The van der Waals surface area contributed by atoms with Gasteiger partial charge < -0.3 is 16.1 Å². The Morgan fingerprint density at radius 2 is 2.11 bits per heavy atom. The summed E-state index contributed by atoms with van der Waals surface area (Å²) >= 11 is 7.35. The zero-order chi connectivity index (χ0) is 20.1. The molecule has 0 aliphatic rings. The molecule has 0 fully saturated rings. The average Bonchev–Trinajstić information content (AvgIpc) is 2.99. The van der Waals surface area contributed by atoms with Crippen LogP contribution in [0.3, 0.4) is 0 Å². The van der Waals surface area contributed by atoms with Crippen LogP contribution in [0.25, 0.3) is 5.70 Å². The summed E-state index contributed by atoms with van der Waals surface area (Å²) in [6.45, 7) is 1.88. The molecule has 2 rings (SSSR count). The fraction of sp³-hybridized carbons (Fsp3) is 0.278. The Balaban J connectivity index is 2.16. The highest BCUT2D eigenvalue weighted by Gasteiger charge is 2.20. The zero-order valence-electron chi connectivity index (χ0n) is 14.9. The van der Waals surface area contributed by atoms with Crippen LogP contribution in [0.2, 0.25) is 4.34 Å². The second-order valence-electron chi connectivity index (χ2n) is 5.93. The number of hydrogen-bond donors (Lipinski definition) is 3. The van der Waals surface area contributed by atoms with E-state index in [1.54, 1.807) is 19.2 Å². The number of thiophene rings is 1. The SMILES string of the molecule is C/C=C(\c1cc(C(=O)N[C@H](CN)Cc2cc(F)ccc2F)sc1Cl)N(C)N. The number of carbonyl (C=O) groups excluding carboxylic acids is 1. The van der Waals surface area contributed by atoms with Crippen LogP contribution in [0.4, 0.5) is 8.78 Å². The van der Waals surface area contributed by atoms with Gasteiger partial charge in [-0.05, 0) is 43.2 Å². The molecule has 0 saturated heterocycles. The molecule has 1 aromatic heterocycles. The van der Waals surface area contributed by atoms with Gasteiger partial charge in [-0.2, -0.15) is 0 Å². The third-order valence-corrected chi connectivity index (χ3v) is 5.29. The molecule has 9 heteroatoms. The Labute approximate surface area is 165 Å². The number of hydrazine groups is 1. The molecule has 146 valence electrons. The first-order chi connectivity index (χ1) is 12.8. The van der Waals surface area contributed by atoms with Crippen LogP contribution in [0.1, 0.15) is 27.7 Å². The van der Waals surface area contributed by atoms with Crippen molar-refractivity contribution in [3.8, 4) is 0 Å². The number of halogens is 3. The van der Waals surface area contributed by atoms with Gasteiger partial charge in [-0.15, -0.1) is 11.3 Å². The molecule has 1 heterocycles. The lowest BCUT2D eigenvalue weighted by Gasteiger charge is -2.17. The average molecular weight is 415 g/mol. The predicted molar refractivity (Wildman–Crippen MR) is 105 cm³/mol. The monoisotopic (exact) mass is 414 g/mol. The smallest absolute Gasteiger partial charge is 0.261 e. The Morgan fingerprint density at radius 3 is 2.70 bits per heavy atom. The number of nitrogens with one attached hydrogen (secondary N) is 1. The topological polar surface area (TPSA) is 84.4 Å². The van der Waals surface area contributed by atoms with Gasteiger partial charge in [-0.25, -0.2) is 14.6 Å². The third-order valence-electron chi connectivity index (χ3n) is 3.93. The Bertz CT molecular complexity index is 854. The van der Waals surface area contributed by atoms with Crippen molar-refractivity contribution in [2.24, 2.45) is 11.6 Å². The van der Waals surface area contributed by atoms with Crippen LogP contribution in [0.15, 0.2) is 30.3 Å². The maximum atomic E-state index is 13.8. The van der Waals surface area contributed by atoms with Crippen LogP contribution < -0.4 is 16.9 Å². The van der Waals surface area contributed by atoms with E-state index in [2.05, 4.69) is 5.32 Å². The van der Waals surface area contributed by atoms with Crippen LogP contribution in [-0.2, 0) is 6.42 Å². The lowest BCUT2D eigenvalue weighted by molar-refractivity contribution is 0.0942. The standard InChI is InChI=1S/C18H21ClF2N4OS/c1-3-15(25(2)23)13-8-16(27-17(13)19)18(26)24-12(9-22)7-10-6-11(20)4-5-14(10)21/h3-6,8,12H,7,9,22-23H2,1-2H3,(H,24,26)/b15-3+/t12-/m0/s1. The van der Waals surface area contributed by atoms with Crippen molar-refractivity contribution >= 4 is 34.5 Å². The molecule has 1 amide bonds. The van der Waals surface area contributed by atoms with Crippen LogP contribution in [0.5, 0.6) is 0 Å². The summed E-state index contributed by atoms with van der Waals surface area (Å²) in [6.07, 6.45) is 1.86. The third kappa shape index (κ3) is 5.26. The molecular weight excluding hydrogens is 394 g/mol. The van der Waals surface area contributed by atoms with Crippen molar-refractivity contribution < 1.29 is 13.6 Å². The summed E-state index contributed by atoms with van der Waals surface area (Å²) < 4.78 is 27.6. The minimum atomic E-state index is -0.559. The van der Waals surface area contributed by atoms with E-state index >= 15 is 0 Å². The van der Waals surface area contributed by atoms with E-state index < -0.39 is 23.6 Å². The van der Waals surface area contributed by atoms with Gasteiger partial charge in [0, 0.05) is 25.2 Å². The maximum absolute atomic E-state index is 13.8. The van der Waals surface area contributed by atoms with E-state index in [-0.39, 0.29) is 18.5 Å². The summed E-state index contributed by atoms with van der Waals surface area (Å²) in [6, 6.07) is 4.26. The van der Waals surface area contributed by atoms with Gasteiger partial charge in [0.15, 0.2) is 0 Å². The molecule has 0 aliphatic heterocycles. The van der Waals surface area contributed by atoms with Crippen molar-refractivity contribution in [1.82, 2.24) is 10.3 Å². The van der Waals surface area contributed by atoms with Gasteiger partial charge in [-0.1, -0.05) is 17.7 Å². The van der Waals surface area contributed by atoms with Crippen LogP contribution in [-0.4, -0.2) is 30.6 Å². The van der Waals surface area contributed by atoms with Gasteiger partial charge in [0.2, 0.25) is 0 Å². The summed E-state index contributed by atoms with van der Waals surface area (Å²) in [5.74, 6) is 4.29. The highest BCUT2D eigenvalue weighted by molar-refractivity contribution is 7.18. The van der Waals surface area contributed by atoms with E-state index in [1.807, 2.05) is 6.92 Å². The zero-order valence-corrected chi connectivity index (χ0v) is 16.5. The number of nitrogens with two attached hydrogens (primary N) is 2. The molecule has 0 bridgehead atoms. The summed E-state index contributed by atoms with van der Waals surface area (Å²) in [5, 5.41) is 4.15. The minimum absolute atomic E-state index is 0.0688. The van der Waals surface area contributed by atoms with Gasteiger partial charge in [0.25, 0.3) is 5.91 Å². The van der Waals surface area contributed by atoms with Gasteiger partial charge >= 0.3 is 0 Å². The number of amides is 1. The van der Waals surface area contributed by atoms with Gasteiger partial charge in [0.1, 0.15) is 16.0 Å². The van der Waals surface area contributed by atoms with Gasteiger partial charge in [-0.3, -0.25) is 4.79 Å². The molecule has 0 spiro atoms. The van der Waals surface area contributed by atoms with Crippen molar-refractivity contribution in [3.63, 3.8) is 0 Å².